The molecule has 104 valence electrons. The lowest BCUT2D eigenvalue weighted by Crippen LogP contribution is -1.97. The fraction of sp³-hybridized carbons (Fsp3) is 0.167. The van der Waals surface area contributed by atoms with E-state index in [4.69, 9.17) is 0 Å². The normalized spacial score (nSPS) is 11.5. The van der Waals surface area contributed by atoms with Crippen molar-refractivity contribution in [2.75, 3.05) is 0 Å². The van der Waals surface area contributed by atoms with Crippen molar-refractivity contribution in [2.24, 2.45) is 0 Å². The van der Waals surface area contributed by atoms with Crippen LogP contribution in [0.2, 0.25) is 0 Å². The minimum Gasteiger partial charge on any atom is -0.326 e. The van der Waals surface area contributed by atoms with Gasteiger partial charge in [0.15, 0.2) is 0 Å². The van der Waals surface area contributed by atoms with Crippen LogP contribution in [0.3, 0.4) is 0 Å². The summed E-state index contributed by atoms with van der Waals surface area (Å²) in [7, 11) is 0. The van der Waals surface area contributed by atoms with Crippen molar-refractivity contribution in [3.8, 4) is 0 Å². The molecule has 0 fully saturated rings. The average Bonchev–Trinajstić information content (AvgIpc) is 3.06. The van der Waals surface area contributed by atoms with Crippen molar-refractivity contribution in [1.29, 1.82) is 0 Å². The van der Waals surface area contributed by atoms with E-state index < -0.39 is 0 Å². The zero-order valence-electron chi connectivity index (χ0n) is 12.1. The molecule has 0 radical (unpaired) electrons. The van der Waals surface area contributed by atoms with Crippen LogP contribution in [0, 0.1) is 13.8 Å². The molecule has 2 nitrogen and oxygen atoms in total. The molecule has 4 rings (SSSR count). The Kier molecular flexibility index (Phi) is 2.82. The first-order valence-corrected chi connectivity index (χ1v) is 7.97. The quantitative estimate of drug-likeness (QED) is 0.513. The van der Waals surface area contributed by atoms with Gasteiger partial charge >= 0.3 is 0 Å². The van der Waals surface area contributed by atoms with Crippen LogP contribution in [0.25, 0.3) is 21.1 Å². The molecule has 0 unspecified atom stereocenters. The Morgan fingerprint density at radius 1 is 1.10 bits per heavy atom. The van der Waals surface area contributed by atoms with Gasteiger partial charge in [-0.3, -0.25) is 0 Å². The molecule has 0 aliphatic carbocycles. The number of imidazole rings is 1. The van der Waals surface area contributed by atoms with Gasteiger partial charge in [0, 0.05) is 4.70 Å². The molecule has 2 aromatic heterocycles. The molecular formula is C18H16N2S. The highest BCUT2D eigenvalue weighted by Gasteiger charge is 2.08. The van der Waals surface area contributed by atoms with Gasteiger partial charge in [0.05, 0.1) is 23.9 Å². The van der Waals surface area contributed by atoms with Gasteiger partial charge in [0.25, 0.3) is 0 Å². The molecule has 0 spiro atoms. The number of hydrogen-bond donors (Lipinski definition) is 0. The first-order chi connectivity index (χ1) is 10.2. The topological polar surface area (TPSA) is 17.8 Å². The molecule has 0 N–H and O–H groups in total. The largest absolute Gasteiger partial charge is 0.326 e. The Morgan fingerprint density at radius 3 is 2.81 bits per heavy atom. The molecule has 0 saturated heterocycles. The monoisotopic (exact) mass is 292 g/mol. The van der Waals surface area contributed by atoms with E-state index in [2.05, 4.69) is 65.2 Å². The Hall–Kier alpha value is -2.13. The van der Waals surface area contributed by atoms with Crippen LogP contribution in [0.5, 0.6) is 0 Å². The minimum absolute atomic E-state index is 0.878. The summed E-state index contributed by atoms with van der Waals surface area (Å²) in [5.41, 5.74) is 6.28. The predicted octanol–water partition coefficient (Wildman–Crippen LogP) is 4.92. The second-order valence-electron chi connectivity index (χ2n) is 5.55. The lowest BCUT2D eigenvalue weighted by Gasteiger charge is -2.05. The highest BCUT2D eigenvalue weighted by atomic mass is 32.1. The number of rotatable bonds is 2. The fourth-order valence-corrected chi connectivity index (χ4v) is 3.73. The maximum Gasteiger partial charge on any atom is 0.0961 e. The summed E-state index contributed by atoms with van der Waals surface area (Å²) < 4.78 is 3.60. The highest BCUT2D eigenvalue weighted by Crippen LogP contribution is 2.27. The van der Waals surface area contributed by atoms with Crippen molar-refractivity contribution in [1.82, 2.24) is 9.55 Å². The third kappa shape index (κ3) is 2.05. The SMILES string of the molecule is Cc1cc2ncn(Cc3csc4ccccc34)c2cc1C. The molecule has 2 heterocycles. The number of benzene rings is 2. The van der Waals surface area contributed by atoms with Gasteiger partial charge in [-0.1, -0.05) is 18.2 Å². The lowest BCUT2D eigenvalue weighted by molar-refractivity contribution is 0.832. The van der Waals surface area contributed by atoms with Crippen LogP contribution in [-0.2, 0) is 6.54 Å². The van der Waals surface area contributed by atoms with Gasteiger partial charge in [-0.05, 0) is 59.5 Å². The van der Waals surface area contributed by atoms with E-state index in [0.717, 1.165) is 12.1 Å². The van der Waals surface area contributed by atoms with E-state index in [0.29, 0.717) is 0 Å². The van der Waals surface area contributed by atoms with Gasteiger partial charge < -0.3 is 4.57 Å². The van der Waals surface area contributed by atoms with Gasteiger partial charge in [-0.25, -0.2) is 4.98 Å². The predicted molar refractivity (Wildman–Crippen MR) is 90.1 cm³/mol. The van der Waals surface area contributed by atoms with E-state index in [-0.39, 0.29) is 0 Å². The second kappa shape index (κ2) is 4.71. The third-order valence-electron chi connectivity index (χ3n) is 4.14. The van der Waals surface area contributed by atoms with Gasteiger partial charge in [-0.2, -0.15) is 0 Å². The summed E-state index contributed by atoms with van der Waals surface area (Å²) >= 11 is 1.81. The van der Waals surface area contributed by atoms with Crippen LogP contribution in [0.1, 0.15) is 16.7 Å². The van der Waals surface area contributed by atoms with Gasteiger partial charge in [0.2, 0.25) is 0 Å². The Morgan fingerprint density at radius 2 is 1.90 bits per heavy atom. The van der Waals surface area contributed by atoms with Crippen molar-refractivity contribution < 1.29 is 0 Å². The first-order valence-electron chi connectivity index (χ1n) is 7.09. The molecule has 2 aromatic carbocycles. The molecule has 4 aromatic rings. The fourth-order valence-electron chi connectivity index (χ4n) is 2.78. The van der Waals surface area contributed by atoms with Crippen LogP contribution >= 0.6 is 11.3 Å². The maximum atomic E-state index is 4.55. The van der Waals surface area contributed by atoms with E-state index in [1.54, 1.807) is 0 Å². The maximum absolute atomic E-state index is 4.55. The molecule has 21 heavy (non-hydrogen) atoms. The first kappa shape index (κ1) is 12.6. The summed E-state index contributed by atoms with van der Waals surface area (Å²) in [6.45, 7) is 5.18. The number of nitrogens with zero attached hydrogens (tertiary/aromatic N) is 2. The summed E-state index contributed by atoms with van der Waals surface area (Å²) in [6, 6.07) is 13.0. The van der Waals surface area contributed by atoms with Gasteiger partial charge in [-0.15, -0.1) is 11.3 Å². The number of hydrogen-bond acceptors (Lipinski definition) is 2. The van der Waals surface area contributed by atoms with Crippen LogP contribution in [0.15, 0.2) is 48.1 Å². The van der Waals surface area contributed by atoms with E-state index in [1.165, 1.54) is 32.3 Å². The average molecular weight is 292 g/mol. The van der Waals surface area contributed by atoms with Crippen LogP contribution < -0.4 is 0 Å². The highest BCUT2D eigenvalue weighted by molar-refractivity contribution is 7.17. The molecule has 0 aliphatic rings. The van der Waals surface area contributed by atoms with Crippen LogP contribution in [-0.4, -0.2) is 9.55 Å². The lowest BCUT2D eigenvalue weighted by atomic mass is 10.1. The molecule has 3 heteroatoms. The van der Waals surface area contributed by atoms with E-state index >= 15 is 0 Å². The molecule has 0 aliphatic heterocycles. The van der Waals surface area contributed by atoms with E-state index in [9.17, 15) is 0 Å². The molecule has 0 saturated carbocycles. The number of aryl methyl sites for hydroxylation is 2. The van der Waals surface area contributed by atoms with Crippen molar-refractivity contribution in [3.05, 3.63) is 64.8 Å². The zero-order valence-corrected chi connectivity index (χ0v) is 12.9. The minimum atomic E-state index is 0.878. The molecule has 0 amide bonds. The summed E-state index contributed by atoms with van der Waals surface area (Å²) in [4.78, 5) is 4.55. The van der Waals surface area contributed by atoms with Crippen LogP contribution in [0.4, 0.5) is 0 Å². The number of fused-ring (bicyclic) bond motifs is 2. The molecule has 0 bridgehead atoms. The summed E-state index contributed by atoms with van der Waals surface area (Å²) in [6.07, 6.45) is 1.95. The van der Waals surface area contributed by atoms with E-state index in [1.807, 2.05) is 17.7 Å². The number of aromatic nitrogens is 2. The molecule has 0 atom stereocenters. The zero-order chi connectivity index (χ0) is 14.4. The smallest absolute Gasteiger partial charge is 0.0961 e. The molecular weight excluding hydrogens is 276 g/mol. The second-order valence-corrected chi connectivity index (χ2v) is 6.47. The van der Waals surface area contributed by atoms with Crippen molar-refractivity contribution in [2.45, 2.75) is 20.4 Å². The van der Waals surface area contributed by atoms with Crippen molar-refractivity contribution >= 4 is 32.5 Å². The summed E-state index contributed by atoms with van der Waals surface area (Å²) in [5.74, 6) is 0. The standard InChI is InChI=1S/C18H16N2S/c1-12-7-16-17(8-13(12)2)20(11-19-16)9-14-10-21-18-6-4-3-5-15(14)18/h3-8,10-11H,9H2,1-2H3. The summed E-state index contributed by atoms with van der Waals surface area (Å²) in [5, 5.41) is 3.62. The number of thiophene rings is 1. The van der Waals surface area contributed by atoms with Crippen molar-refractivity contribution in [3.63, 3.8) is 0 Å². The Balaban J connectivity index is 1.82. The Bertz CT molecular complexity index is 946. The van der Waals surface area contributed by atoms with Gasteiger partial charge in [0.1, 0.15) is 0 Å². The Labute approximate surface area is 127 Å². The third-order valence-corrected chi connectivity index (χ3v) is 5.15.